The lowest BCUT2D eigenvalue weighted by Gasteiger charge is -2.16. The van der Waals surface area contributed by atoms with Crippen LogP contribution in [0.25, 0.3) is 56.0 Å². The number of nitrogens with two attached hydrogens (primary N) is 3. The summed E-state index contributed by atoms with van der Waals surface area (Å²) in [5.74, 6) is 2.16. The van der Waals surface area contributed by atoms with Gasteiger partial charge in [0.25, 0.3) is 0 Å². The highest BCUT2D eigenvalue weighted by Crippen LogP contribution is 2.38. The number of hydrogen-bond acceptors (Lipinski definition) is 14. The summed E-state index contributed by atoms with van der Waals surface area (Å²) in [5.41, 5.74) is 28.8. The SMILES string of the molecule is Cc1cc(/C=C/C#N)cc(C)c1-c1cccc2c(N)nc(Cl)cc12.Cc1cc(/C=C/C#N)cc(C)c1-c1cccc2c(N)nc(Nc3cnc(C#N)cn3)cc12.N#Cc1cnc(N)cn1. The van der Waals surface area contributed by atoms with Gasteiger partial charge in [0.2, 0.25) is 0 Å². The highest BCUT2D eigenvalue weighted by atomic mass is 35.5. The lowest BCUT2D eigenvalue weighted by atomic mass is 9.90. The minimum Gasteiger partial charge on any atom is -0.383 e. The summed E-state index contributed by atoms with van der Waals surface area (Å²) in [6.45, 7) is 8.25. The Morgan fingerprint density at radius 3 is 1.46 bits per heavy atom. The molecule has 0 aliphatic heterocycles. The van der Waals surface area contributed by atoms with Crippen LogP contribution in [0.3, 0.4) is 0 Å². The predicted molar refractivity (Wildman–Crippen MR) is 258 cm³/mol. The van der Waals surface area contributed by atoms with Gasteiger partial charge in [-0.05, 0) is 118 Å². The van der Waals surface area contributed by atoms with Crippen LogP contribution in [0.4, 0.5) is 29.1 Å². The molecule has 0 radical (unpaired) electrons. The standard InChI is InChI=1S/C25H19N7.C20H16ClN3.C5H4N4/c1-15-9-17(5-4-8-26)10-16(2)24(15)19-6-3-7-20-21(19)11-22(32-25(20)28)31-23-14-29-18(12-27)13-30-23;1-12-9-14(5-4-8-22)10-13(2)19(12)15-6-3-7-16-17(15)11-18(21)24-20(16)23;6-1-4-2-9-5(7)3-8-4/h3-7,9-11,13-14H,1-2H3,(H3,28,30,31,32);3-7,9-11H,1-2H3,(H2,23,24);2-3H,(H2,7,9)/b2*5-4+;. The molecule has 0 saturated carbocycles. The number of rotatable bonds is 6. The number of anilines is 5. The lowest BCUT2D eigenvalue weighted by molar-refractivity contribution is 1.15. The van der Waals surface area contributed by atoms with Crippen molar-refractivity contribution in [2.75, 3.05) is 22.5 Å². The van der Waals surface area contributed by atoms with Crippen molar-refractivity contribution in [1.29, 1.82) is 21.0 Å². The van der Waals surface area contributed by atoms with Crippen LogP contribution in [0.2, 0.25) is 5.15 Å². The Morgan fingerprint density at radius 1 is 0.538 bits per heavy atom. The minimum atomic E-state index is 0.239. The van der Waals surface area contributed by atoms with E-state index in [1.807, 2.05) is 66.8 Å². The molecule has 0 aliphatic rings. The van der Waals surface area contributed by atoms with Gasteiger partial charge in [-0.3, -0.25) is 0 Å². The fraction of sp³-hybridized carbons (Fsp3) is 0.0800. The number of aryl methyl sites for hydroxylation is 4. The van der Waals surface area contributed by atoms with Crippen molar-refractivity contribution in [2.45, 2.75) is 27.7 Å². The van der Waals surface area contributed by atoms with Gasteiger partial charge in [0.1, 0.15) is 46.4 Å². The lowest BCUT2D eigenvalue weighted by Crippen LogP contribution is -2.01. The van der Waals surface area contributed by atoms with Gasteiger partial charge in [0.05, 0.1) is 36.9 Å². The molecule has 65 heavy (non-hydrogen) atoms. The second kappa shape index (κ2) is 20.6. The van der Waals surface area contributed by atoms with E-state index in [2.05, 4.69) is 99.3 Å². The number of nitrogens with one attached hydrogen (secondary N) is 1. The first-order valence-electron chi connectivity index (χ1n) is 19.7. The summed E-state index contributed by atoms with van der Waals surface area (Å²) < 4.78 is 0. The summed E-state index contributed by atoms with van der Waals surface area (Å²) >= 11 is 6.11. The normalized spacial score (nSPS) is 10.5. The second-order valence-electron chi connectivity index (χ2n) is 14.5. The summed E-state index contributed by atoms with van der Waals surface area (Å²) in [6.07, 6.45) is 12.1. The maximum absolute atomic E-state index is 8.90. The predicted octanol–water partition coefficient (Wildman–Crippen LogP) is 10.3. The molecule has 0 saturated heterocycles. The number of pyridine rings is 2. The number of benzene rings is 4. The quantitative estimate of drug-likeness (QED) is 0.0895. The topological polar surface area (TPSA) is 263 Å². The zero-order chi connectivity index (χ0) is 46.6. The zero-order valence-electron chi connectivity index (χ0n) is 35.6. The van der Waals surface area contributed by atoms with Crippen LogP contribution < -0.4 is 22.5 Å². The first-order chi connectivity index (χ1) is 31.3. The van der Waals surface area contributed by atoms with E-state index >= 15 is 0 Å². The number of fused-ring (bicyclic) bond motifs is 2. The van der Waals surface area contributed by atoms with E-state index in [0.717, 1.165) is 77.2 Å². The van der Waals surface area contributed by atoms with Gasteiger partial charge in [0, 0.05) is 22.9 Å². The smallest absolute Gasteiger partial charge is 0.158 e. The first-order valence-corrected chi connectivity index (χ1v) is 20.1. The molecule has 0 atom stereocenters. The summed E-state index contributed by atoms with van der Waals surface area (Å²) in [7, 11) is 0. The fourth-order valence-corrected chi connectivity index (χ4v) is 7.55. The van der Waals surface area contributed by atoms with Gasteiger partial charge < -0.3 is 22.5 Å². The molecule has 0 amide bonds. The van der Waals surface area contributed by atoms with Gasteiger partial charge in [-0.25, -0.2) is 29.9 Å². The molecule has 8 rings (SSSR count). The van der Waals surface area contributed by atoms with E-state index in [0.29, 0.717) is 34.2 Å². The molecule has 0 spiro atoms. The van der Waals surface area contributed by atoms with Crippen molar-refractivity contribution >= 4 is 74.4 Å². The maximum Gasteiger partial charge on any atom is 0.158 e. The fourth-order valence-electron chi connectivity index (χ4n) is 7.35. The Labute approximate surface area is 380 Å². The van der Waals surface area contributed by atoms with Crippen LogP contribution in [0, 0.1) is 73.0 Å². The Balaban J connectivity index is 0.000000186. The molecular formula is C50H39ClN14. The van der Waals surface area contributed by atoms with E-state index in [1.165, 1.54) is 36.9 Å². The third kappa shape index (κ3) is 10.8. The average Bonchev–Trinajstić information content (AvgIpc) is 3.28. The van der Waals surface area contributed by atoms with Crippen LogP contribution in [0.15, 0.2) is 110 Å². The number of nitrogen functional groups attached to an aromatic ring is 3. The van der Waals surface area contributed by atoms with Crippen LogP contribution in [-0.2, 0) is 0 Å². The van der Waals surface area contributed by atoms with Crippen molar-refractivity contribution in [3.8, 4) is 46.5 Å². The molecule has 0 fully saturated rings. The van der Waals surface area contributed by atoms with E-state index in [4.69, 9.17) is 49.8 Å². The number of nitriles is 4. The third-order valence-corrected chi connectivity index (χ3v) is 10.1. The minimum absolute atomic E-state index is 0.239. The number of aromatic nitrogens is 6. The van der Waals surface area contributed by atoms with Crippen molar-refractivity contribution < 1.29 is 0 Å². The Hall–Kier alpha value is -9.21. The first kappa shape index (κ1) is 45.3. The molecule has 4 heterocycles. The van der Waals surface area contributed by atoms with Crippen LogP contribution in [-0.4, -0.2) is 29.9 Å². The molecule has 0 bridgehead atoms. The Morgan fingerprint density at radius 2 is 1.02 bits per heavy atom. The molecule has 14 nitrogen and oxygen atoms in total. The van der Waals surface area contributed by atoms with Gasteiger partial charge in [-0.1, -0.05) is 72.3 Å². The van der Waals surface area contributed by atoms with Gasteiger partial charge in [-0.2, -0.15) is 21.0 Å². The number of halogens is 1. The van der Waals surface area contributed by atoms with Gasteiger partial charge in [-0.15, -0.1) is 0 Å². The van der Waals surface area contributed by atoms with Crippen molar-refractivity contribution in [3.63, 3.8) is 0 Å². The average molecular weight is 871 g/mol. The largest absolute Gasteiger partial charge is 0.383 e. The number of allylic oxidation sites excluding steroid dienone is 2. The molecule has 0 unspecified atom stereocenters. The highest BCUT2D eigenvalue weighted by Gasteiger charge is 2.15. The molecule has 4 aromatic heterocycles. The second-order valence-corrected chi connectivity index (χ2v) is 14.9. The highest BCUT2D eigenvalue weighted by molar-refractivity contribution is 6.30. The van der Waals surface area contributed by atoms with Crippen molar-refractivity contribution in [3.05, 3.63) is 160 Å². The molecule has 4 aromatic carbocycles. The molecular weight excluding hydrogens is 832 g/mol. The third-order valence-electron chi connectivity index (χ3n) is 9.94. The van der Waals surface area contributed by atoms with E-state index < -0.39 is 0 Å². The molecule has 15 heteroatoms. The van der Waals surface area contributed by atoms with Crippen LogP contribution in [0.5, 0.6) is 0 Å². The number of nitrogens with zero attached hydrogens (tertiary/aromatic N) is 10. The van der Waals surface area contributed by atoms with Crippen molar-refractivity contribution in [2.24, 2.45) is 0 Å². The maximum atomic E-state index is 8.90. The van der Waals surface area contributed by atoms with E-state index in [9.17, 15) is 0 Å². The molecule has 8 aromatic rings. The van der Waals surface area contributed by atoms with Crippen molar-refractivity contribution in [1.82, 2.24) is 29.9 Å². The number of hydrogen-bond donors (Lipinski definition) is 4. The molecule has 7 N–H and O–H groups in total. The summed E-state index contributed by atoms with van der Waals surface area (Å²) in [6, 6.07) is 31.8. The van der Waals surface area contributed by atoms with E-state index in [-0.39, 0.29) is 11.4 Å². The van der Waals surface area contributed by atoms with E-state index in [1.54, 1.807) is 6.08 Å². The summed E-state index contributed by atoms with van der Waals surface area (Å²) in [4.78, 5) is 24.1. The van der Waals surface area contributed by atoms with Crippen LogP contribution >= 0.6 is 11.6 Å². The molecule has 0 aliphatic carbocycles. The van der Waals surface area contributed by atoms with Gasteiger partial charge >= 0.3 is 0 Å². The monoisotopic (exact) mass is 870 g/mol. The van der Waals surface area contributed by atoms with Crippen LogP contribution in [0.1, 0.15) is 44.8 Å². The Kier molecular flexibility index (Phi) is 14.3. The van der Waals surface area contributed by atoms with Gasteiger partial charge in [0.15, 0.2) is 11.4 Å². The Bertz CT molecular complexity index is 3270. The zero-order valence-corrected chi connectivity index (χ0v) is 36.4. The molecule has 316 valence electrons. The summed E-state index contributed by atoms with van der Waals surface area (Å²) in [5, 5.41) is 41.8.